The van der Waals surface area contributed by atoms with E-state index in [1.54, 1.807) is 25.7 Å². The standard InChI is InChI=1S/C22H26F2N6O3/c1-21(2,3)33-20(32)29-8-5-22(4-7-25,6-9-29)30-13-17(18(26)31)19(28-30)27-16-11-14(23)10-15(24)12-16/h10-13H,4-6,8-9H2,1-3H3,(H2,26,31)(H,27,28). The smallest absolute Gasteiger partial charge is 0.410 e. The summed E-state index contributed by atoms with van der Waals surface area (Å²) < 4.78 is 34.1. The number of carbonyl (C=O) groups is 2. The van der Waals surface area contributed by atoms with E-state index in [1.165, 1.54) is 10.9 Å². The Morgan fingerprint density at radius 2 is 1.85 bits per heavy atom. The molecule has 0 bridgehead atoms. The number of aromatic nitrogens is 2. The van der Waals surface area contributed by atoms with Crippen molar-refractivity contribution < 1.29 is 23.1 Å². The lowest BCUT2D eigenvalue weighted by Gasteiger charge is -2.40. The van der Waals surface area contributed by atoms with Crippen molar-refractivity contribution in [1.82, 2.24) is 14.7 Å². The number of hydrogen-bond donors (Lipinski definition) is 2. The highest BCUT2D eigenvalue weighted by Crippen LogP contribution is 2.35. The van der Waals surface area contributed by atoms with Crippen molar-refractivity contribution in [2.75, 3.05) is 18.4 Å². The third-order valence-electron chi connectivity index (χ3n) is 5.34. The summed E-state index contributed by atoms with van der Waals surface area (Å²) in [6.45, 7) is 5.98. The predicted octanol–water partition coefficient (Wildman–Crippen LogP) is 3.64. The number of hydrogen-bond acceptors (Lipinski definition) is 6. The van der Waals surface area contributed by atoms with Gasteiger partial charge in [0.2, 0.25) is 0 Å². The van der Waals surface area contributed by atoms with Crippen LogP contribution in [0.1, 0.15) is 50.4 Å². The molecule has 3 N–H and O–H groups in total. The first-order valence-corrected chi connectivity index (χ1v) is 10.4. The Morgan fingerprint density at radius 1 is 1.24 bits per heavy atom. The second-order valence-electron chi connectivity index (χ2n) is 9.01. The molecule has 0 spiro atoms. The molecule has 0 radical (unpaired) electrons. The Morgan fingerprint density at radius 3 is 2.36 bits per heavy atom. The molecular weight excluding hydrogens is 434 g/mol. The highest BCUT2D eigenvalue weighted by Gasteiger charge is 2.40. The van der Waals surface area contributed by atoms with Gasteiger partial charge in [-0.3, -0.25) is 9.48 Å². The summed E-state index contributed by atoms with van der Waals surface area (Å²) in [6, 6.07) is 4.98. The fourth-order valence-corrected chi connectivity index (χ4v) is 3.72. The summed E-state index contributed by atoms with van der Waals surface area (Å²) in [6.07, 6.45) is 1.81. The van der Waals surface area contributed by atoms with Crippen molar-refractivity contribution >= 4 is 23.5 Å². The predicted molar refractivity (Wildman–Crippen MR) is 116 cm³/mol. The number of primary amides is 1. The molecule has 1 aromatic heterocycles. The SMILES string of the molecule is CC(C)(C)OC(=O)N1CCC(CC#N)(n2cc(C(N)=O)c(Nc3cc(F)cc(F)c3)n2)CC1. The monoisotopic (exact) mass is 460 g/mol. The first kappa shape index (κ1) is 24.0. The van der Waals surface area contributed by atoms with Gasteiger partial charge in [0, 0.05) is 31.0 Å². The molecule has 11 heteroatoms. The summed E-state index contributed by atoms with van der Waals surface area (Å²) in [5, 5.41) is 16.6. The van der Waals surface area contributed by atoms with Crippen molar-refractivity contribution in [3.63, 3.8) is 0 Å². The van der Waals surface area contributed by atoms with Crippen LogP contribution in [0.4, 0.5) is 25.1 Å². The lowest BCUT2D eigenvalue weighted by Crippen LogP contribution is -2.49. The van der Waals surface area contributed by atoms with Gasteiger partial charge in [-0.15, -0.1) is 0 Å². The van der Waals surface area contributed by atoms with Crippen molar-refractivity contribution in [2.24, 2.45) is 5.73 Å². The molecule has 2 aromatic rings. The topological polar surface area (TPSA) is 126 Å². The number of nitrogens with zero attached hydrogens (tertiary/aromatic N) is 4. The van der Waals surface area contributed by atoms with Crippen LogP contribution in [0.15, 0.2) is 24.4 Å². The second kappa shape index (κ2) is 9.05. The van der Waals surface area contributed by atoms with Crippen LogP contribution in [0, 0.1) is 23.0 Å². The van der Waals surface area contributed by atoms with E-state index < -0.39 is 34.8 Å². The molecule has 0 saturated carbocycles. The minimum Gasteiger partial charge on any atom is -0.444 e. The Hall–Kier alpha value is -3.68. The number of nitriles is 1. The zero-order valence-electron chi connectivity index (χ0n) is 18.7. The molecule has 1 fully saturated rings. The number of benzene rings is 1. The Kier molecular flexibility index (Phi) is 6.58. The summed E-state index contributed by atoms with van der Waals surface area (Å²) in [5.41, 5.74) is 4.12. The van der Waals surface area contributed by atoms with Gasteiger partial charge in [0.1, 0.15) is 22.8 Å². The van der Waals surface area contributed by atoms with Gasteiger partial charge >= 0.3 is 6.09 Å². The summed E-state index contributed by atoms with van der Waals surface area (Å²) >= 11 is 0. The van der Waals surface area contributed by atoms with Crippen LogP contribution in [0.3, 0.4) is 0 Å². The third kappa shape index (κ3) is 5.58. The van der Waals surface area contributed by atoms with Crippen molar-refractivity contribution in [3.8, 4) is 6.07 Å². The summed E-state index contributed by atoms with van der Waals surface area (Å²) in [4.78, 5) is 26.0. The van der Waals surface area contributed by atoms with Crippen LogP contribution < -0.4 is 11.1 Å². The largest absolute Gasteiger partial charge is 0.444 e. The molecule has 0 aliphatic carbocycles. The van der Waals surface area contributed by atoms with Gasteiger partial charge in [-0.1, -0.05) is 0 Å². The molecule has 176 valence electrons. The zero-order chi connectivity index (χ0) is 24.4. The maximum absolute atomic E-state index is 13.6. The molecule has 1 saturated heterocycles. The molecule has 3 rings (SSSR count). The third-order valence-corrected chi connectivity index (χ3v) is 5.34. The van der Waals surface area contributed by atoms with E-state index in [9.17, 15) is 23.6 Å². The number of nitrogens with one attached hydrogen (secondary N) is 1. The van der Waals surface area contributed by atoms with E-state index in [-0.39, 0.29) is 23.5 Å². The lowest BCUT2D eigenvalue weighted by molar-refractivity contribution is 0.0105. The Labute approximate surface area is 190 Å². The van der Waals surface area contributed by atoms with Gasteiger partial charge in [0.25, 0.3) is 5.91 Å². The quantitative estimate of drug-likeness (QED) is 0.701. The second-order valence-corrected chi connectivity index (χ2v) is 9.01. The van der Waals surface area contributed by atoms with E-state index in [0.29, 0.717) is 25.9 Å². The first-order valence-electron chi connectivity index (χ1n) is 10.4. The highest BCUT2D eigenvalue weighted by molar-refractivity contribution is 5.98. The van der Waals surface area contributed by atoms with Crippen LogP contribution in [0.2, 0.25) is 0 Å². The van der Waals surface area contributed by atoms with Crippen molar-refractivity contribution in [3.05, 3.63) is 41.6 Å². The number of likely N-dealkylation sites (tertiary alicyclic amines) is 1. The maximum atomic E-state index is 13.6. The van der Waals surface area contributed by atoms with Crippen molar-refractivity contribution in [2.45, 2.75) is 51.2 Å². The number of anilines is 2. The van der Waals surface area contributed by atoms with Crippen LogP contribution in [-0.2, 0) is 10.3 Å². The molecule has 0 unspecified atom stereocenters. The van der Waals surface area contributed by atoms with Crippen LogP contribution in [-0.4, -0.2) is 45.4 Å². The number of amides is 2. The number of carbonyl (C=O) groups excluding carboxylic acids is 2. The van der Waals surface area contributed by atoms with Crippen LogP contribution >= 0.6 is 0 Å². The van der Waals surface area contributed by atoms with Crippen molar-refractivity contribution in [1.29, 1.82) is 5.26 Å². The van der Waals surface area contributed by atoms with E-state index in [0.717, 1.165) is 18.2 Å². The highest BCUT2D eigenvalue weighted by atomic mass is 19.1. The fraction of sp³-hybridized carbons (Fsp3) is 0.455. The zero-order valence-corrected chi connectivity index (χ0v) is 18.7. The molecule has 1 aromatic carbocycles. The molecule has 2 amide bonds. The Balaban J connectivity index is 1.88. The molecule has 33 heavy (non-hydrogen) atoms. The average Bonchev–Trinajstić information content (AvgIpc) is 3.11. The average molecular weight is 460 g/mol. The Bertz CT molecular complexity index is 1070. The van der Waals surface area contributed by atoms with Crippen LogP contribution in [0.25, 0.3) is 0 Å². The molecule has 1 aliphatic heterocycles. The summed E-state index contributed by atoms with van der Waals surface area (Å²) in [7, 11) is 0. The number of piperidine rings is 1. The molecule has 0 atom stereocenters. The minimum absolute atomic E-state index is 0.00607. The minimum atomic E-state index is -0.801. The lowest BCUT2D eigenvalue weighted by atomic mass is 9.85. The molecule has 9 nitrogen and oxygen atoms in total. The van der Waals surface area contributed by atoms with Gasteiger partial charge in [-0.05, 0) is 45.7 Å². The molecule has 1 aliphatic rings. The number of rotatable bonds is 5. The number of nitrogens with two attached hydrogens (primary N) is 1. The van der Waals surface area contributed by atoms with E-state index in [4.69, 9.17) is 10.5 Å². The van der Waals surface area contributed by atoms with E-state index in [1.807, 2.05) is 0 Å². The molecule has 2 heterocycles. The van der Waals surface area contributed by atoms with E-state index in [2.05, 4.69) is 16.5 Å². The molecular formula is C22H26F2N6O3. The number of halogens is 2. The fourth-order valence-electron chi connectivity index (χ4n) is 3.72. The first-order chi connectivity index (χ1) is 15.4. The van der Waals surface area contributed by atoms with Gasteiger partial charge in [0.15, 0.2) is 5.82 Å². The van der Waals surface area contributed by atoms with E-state index >= 15 is 0 Å². The van der Waals surface area contributed by atoms with Gasteiger partial charge in [-0.25, -0.2) is 13.6 Å². The summed E-state index contributed by atoms with van der Waals surface area (Å²) in [5.74, 6) is -2.38. The van der Waals surface area contributed by atoms with Gasteiger partial charge < -0.3 is 20.7 Å². The van der Waals surface area contributed by atoms with Gasteiger partial charge in [-0.2, -0.15) is 10.4 Å². The maximum Gasteiger partial charge on any atom is 0.410 e. The van der Waals surface area contributed by atoms with Crippen LogP contribution in [0.5, 0.6) is 0 Å². The number of ether oxygens (including phenoxy) is 1. The van der Waals surface area contributed by atoms with Gasteiger partial charge in [0.05, 0.1) is 18.0 Å². The normalized spacial score (nSPS) is 15.6.